The molecule has 0 unspecified atom stereocenters. The number of rotatable bonds is 8. The Balaban J connectivity index is 1.45. The van der Waals surface area contributed by atoms with Crippen LogP contribution in [0.3, 0.4) is 0 Å². The number of morpholine rings is 1. The number of hydrogen-bond acceptors (Lipinski definition) is 5. The average molecular weight is 439 g/mol. The third-order valence-corrected chi connectivity index (χ3v) is 6.54. The largest absolute Gasteiger partial charge is 0.494 e. The van der Waals surface area contributed by atoms with Crippen molar-refractivity contribution in [3.8, 4) is 5.75 Å². The first-order chi connectivity index (χ1) is 13.9. The fourth-order valence-corrected chi connectivity index (χ4v) is 4.36. The van der Waals surface area contributed by atoms with Crippen LogP contribution in [0, 0.1) is 0 Å². The summed E-state index contributed by atoms with van der Waals surface area (Å²) < 4.78 is 37.3. The van der Waals surface area contributed by atoms with Gasteiger partial charge in [-0.3, -0.25) is 4.79 Å². The molecule has 0 aromatic heterocycles. The lowest BCUT2D eigenvalue weighted by atomic mass is 10.2. The van der Waals surface area contributed by atoms with Crippen molar-refractivity contribution in [2.24, 2.45) is 0 Å². The summed E-state index contributed by atoms with van der Waals surface area (Å²) in [5.74, 6) is 0.542. The molecule has 1 amide bonds. The summed E-state index contributed by atoms with van der Waals surface area (Å²) in [7, 11) is -3.54. The second kappa shape index (κ2) is 10.1. The first-order valence-corrected chi connectivity index (χ1v) is 11.1. The van der Waals surface area contributed by atoms with Crippen molar-refractivity contribution < 1.29 is 22.7 Å². The van der Waals surface area contributed by atoms with E-state index in [0.29, 0.717) is 62.2 Å². The van der Waals surface area contributed by atoms with Gasteiger partial charge in [0, 0.05) is 30.2 Å². The van der Waals surface area contributed by atoms with Gasteiger partial charge in [-0.25, -0.2) is 8.42 Å². The van der Waals surface area contributed by atoms with Crippen molar-refractivity contribution in [1.29, 1.82) is 0 Å². The summed E-state index contributed by atoms with van der Waals surface area (Å²) in [4.78, 5) is 12.3. The molecule has 0 atom stereocenters. The van der Waals surface area contributed by atoms with E-state index in [1.165, 1.54) is 16.4 Å². The lowest BCUT2D eigenvalue weighted by molar-refractivity contribution is -0.116. The van der Waals surface area contributed by atoms with Crippen LogP contribution in [0.1, 0.15) is 12.8 Å². The highest BCUT2D eigenvalue weighted by atomic mass is 35.5. The van der Waals surface area contributed by atoms with E-state index in [9.17, 15) is 13.2 Å². The molecule has 156 valence electrons. The van der Waals surface area contributed by atoms with Gasteiger partial charge in [0.2, 0.25) is 15.9 Å². The summed E-state index contributed by atoms with van der Waals surface area (Å²) in [6.07, 6.45) is 0.847. The first-order valence-electron chi connectivity index (χ1n) is 9.31. The SMILES string of the molecule is O=C(CCCOc1ccc(Cl)cc1)Nc1ccc(S(=O)(=O)N2CCOCC2)cc1. The van der Waals surface area contributed by atoms with E-state index >= 15 is 0 Å². The van der Waals surface area contributed by atoms with Gasteiger partial charge in [-0.15, -0.1) is 0 Å². The lowest BCUT2D eigenvalue weighted by Crippen LogP contribution is -2.40. The Morgan fingerprint density at radius 1 is 1.07 bits per heavy atom. The number of sulfonamides is 1. The number of carbonyl (C=O) groups excluding carboxylic acids is 1. The highest BCUT2D eigenvalue weighted by Crippen LogP contribution is 2.20. The average Bonchev–Trinajstić information content (AvgIpc) is 2.73. The number of ether oxygens (including phenoxy) is 2. The van der Waals surface area contributed by atoms with Crippen molar-refractivity contribution in [3.05, 3.63) is 53.6 Å². The maximum Gasteiger partial charge on any atom is 0.243 e. The first kappa shape index (κ1) is 21.6. The molecule has 2 aromatic rings. The number of halogens is 1. The molecule has 0 saturated carbocycles. The fraction of sp³-hybridized carbons (Fsp3) is 0.350. The van der Waals surface area contributed by atoms with E-state index < -0.39 is 10.0 Å². The standard InChI is InChI=1S/C20H23ClN2O5S/c21-16-3-7-18(8-4-16)28-13-1-2-20(24)22-17-5-9-19(10-6-17)29(25,26)23-11-14-27-15-12-23/h3-10H,1-2,11-15H2,(H,22,24). The van der Waals surface area contributed by atoms with Gasteiger partial charge in [0.1, 0.15) is 5.75 Å². The van der Waals surface area contributed by atoms with Crippen LogP contribution in [0.4, 0.5) is 5.69 Å². The fourth-order valence-electron chi connectivity index (χ4n) is 2.82. The van der Waals surface area contributed by atoms with Crippen LogP contribution < -0.4 is 10.1 Å². The molecule has 3 rings (SSSR count). The number of amides is 1. The predicted molar refractivity (Wildman–Crippen MR) is 111 cm³/mol. The molecule has 2 aromatic carbocycles. The molecule has 1 fully saturated rings. The number of hydrogen-bond donors (Lipinski definition) is 1. The normalized spacial score (nSPS) is 15.1. The van der Waals surface area contributed by atoms with E-state index in [2.05, 4.69) is 5.32 Å². The van der Waals surface area contributed by atoms with Gasteiger partial charge in [0.05, 0.1) is 24.7 Å². The topological polar surface area (TPSA) is 84.9 Å². The molecule has 0 bridgehead atoms. The maximum absolute atomic E-state index is 12.6. The maximum atomic E-state index is 12.6. The number of nitrogens with one attached hydrogen (secondary N) is 1. The molecule has 7 nitrogen and oxygen atoms in total. The third kappa shape index (κ3) is 6.17. The van der Waals surface area contributed by atoms with Gasteiger partial charge in [0.25, 0.3) is 0 Å². The molecule has 1 aliphatic rings. The zero-order chi connectivity index (χ0) is 20.7. The van der Waals surface area contributed by atoms with Gasteiger partial charge in [-0.05, 0) is 55.0 Å². The Morgan fingerprint density at radius 3 is 2.38 bits per heavy atom. The van der Waals surface area contributed by atoms with Gasteiger partial charge in [0.15, 0.2) is 0 Å². The Labute approximate surface area is 175 Å². The van der Waals surface area contributed by atoms with E-state index in [1.807, 2.05) is 0 Å². The van der Waals surface area contributed by atoms with Gasteiger partial charge < -0.3 is 14.8 Å². The minimum absolute atomic E-state index is 0.159. The van der Waals surface area contributed by atoms with Crippen LogP contribution in [-0.4, -0.2) is 51.5 Å². The van der Waals surface area contributed by atoms with Crippen LogP contribution in [0.5, 0.6) is 5.75 Å². The summed E-state index contributed by atoms with van der Waals surface area (Å²) in [6, 6.07) is 13.2. The van der Waals surface area contributed by atoms with Gasteiger partial charge >= 0.3 is 0 Å². The molecule has 0 aliphatic carbocycles. The Morgan fingerprint density at radius 2 is 1.72 bits per heavy atom. The van der Waals surface area contributed by atoms with E-state index in [-0.39, 0.29) is 10.8 Å². The van der Waals surface area contributed by atoms with Crippen LogP contribution >= 0.6 is 11.6 Å². The third-order valence-electron chi connectivity index (χ3n) is 4.38. The number of carbonyl (C=O) groups is 1. The Bertz CT molecular complexity index is 911. The van der Waals surface area contributed by atoms with Crippen molar-refractivity contribution >= 4 is 33.2 Å². The van der Waals surface area contributed by atoms with Crippen molar-refractivity contribution in [2.75, 3.05) is 38.2 Å². The van der Waals surface area contributed by atoms with E-state index in [1.54, 1.807) is 36.4 Å². The molecule has 1 saturated heterocycles. The quantitative estimate of drug-likeness (QED) is 0.640. The summed E-state index contributed by atoms with van der Waals surface area (Å²) >= 11 is 5.82. The van der Waals surface area contributed by atoms with Crippen molar-refractivity contribution in [3.63, 3.8) is 0 Å². The molecule has 1 heterocycles. The number of anilines is 1. The second-order valence-electron chi connectivity index (χ2n) is 6.49. The molecular formula is C20H23ClN2O5S. The van der Waals surface area contributed by atoms with E-state index in [0.717, 1.165) is 0 Å². The molecular weight excluding hydrogens is 416 g/mol. The Kier molecular flexibility index (Phi) is 7.49. The molecule has 0 radical (unpaired) electrons. The molecule has 1 aliphatic heterocycles. The summed E-state index contributed by atoms with van der Waals surface area (Å²) in [6.45, 7) is 1.90. The zero-order valence-corrected chi connectivity index (χ0v) is 17.4. The smallest absolute Gasteiger partial charge is 0.243 e. The van der Waals surface area contributed by atoms with Crippen molar-refractivity contribution in [2.45, 2.75) is 17.7 Å². The second-order valence-corrected chi connectivity index (χ2v) is 8.87. The monoisotopic (exact) mass is 438 g/mol. The molecule has 29 heavy (non-hydrogen) atoms. The van der Waals surface area contributed by atoms with E-state index in [4.69, 9.17) is 21.1 Å². The summed E-state index contributed by atoms with van der Waals surface area (Å²) in [5, 5.41) is 3.41. The number of nitrogens with zero attached hydrogens (tertiary/aromatic N) is 1. The highest BCUT2D eigenvalue weighted by Gasteiger charge is 2.26. The lowest BCUT2D eigenvalue weighted by Gasteiger charge is -2.26. The Hall–Kier alpha value is -2.13. The van der Waals surface area contributed by atoms with Crippen LogP contribution in [0.25, 0.3) is 0 Å². The number of benzene rings is 2. The van der Waals surface area contributed by atoms with Crippen LogP contribution in [0.15, 0.2) is 53.4 Å². The van der Waals surface area contributed by atoms with Crippen molar-refractivity contribution in [1.82, 2.24) is 4.31 Å². The van der Waals surface area contributed by atoms with Crippen LogP contribution in [0.2, 0.25) is 5.02 Å². The minimum Gasteiger partial charge on any atom is -0.494 e. The highest BCUT2D eigenvalue weighted by molar-refractivity contribution is 7.89. The predicted octanol–water partition coefficient (Wildman–Crippen LogP) is 3.16. The summed E-state index contributed by atoms with van der Waals surface area (Å²) in [5.41, 5.74) is 0.551. The molecule has 0 spiro atoms. The molecule has 1 N–H and O–H groups in total. The van der Waals surface area contributed by atoms with Gasteiger partial charge in [-0.2, -0.15) is 4.31 Å². The molecule has 9 heteroatoms. The van der Waals surface area contributed by atoms with Gasteiger partial charge in [-0.1, -0.05) is 11.6 Å². The van der Waals surface area contributed by atoms with Crippen LogP contribution in [-0.2, 0) is 19.6 Å². The minimum atomic E-state index is -3.54. The zero-order valence-electron chi connectivity index (χ0n) is 15.8.